The third-order valence-electron chi connectivity index (χ3n) is 5.61. The van der Waals surface area contributed by atoms with E-state index in [-0.39, 0.29) is 6.61 Å². The lowest BCUT2D eigenvalue weighted by atomic mass is 10.1. The van der Waals surface area contributed by atoms with Gasteiger partial charge in [-0.3, -0.25) is 9.69 Å². The zero-order chi connectivity index (χ0) is 22.5. The lowest BCUT2D eigenvalue weighted by molar-refractivity contribution is -0.150. The van der Waals surface area contributed by atoms with Crippen LogP contribution in [0.1, 0.15) is 22.6 Å². The van der Waals surface area contributed by atoms with Crippen molar-refractivity contribution in [3.63, 3.8) is 0 Å². The summed E-state index contributed by atoms with van der Waals surface area (Å²) in [6.45, 7) is 6.33. The number of oxazole rings is 1. The highest BCUT2D eigenvalue weighted by molar-refractivity contribution is 5.73. The fourth-order valence-corrected chi connectivity index (χ4v) is 3.77. The molecule has 7 nitrogen and oxygen atoms in total. The van der Waals surface area contributed by atoms with Crippen molar-refractivity contribution < 1.29 is 23.8 Å². The topological polar surface area (TPSA) is 85.0 Å². The van der Waals surface area contributed by atoms with Crippen LogP contribution in [0, 0.1) is 13.8 Å². The third-order valence-corrected chi connectivity index (χ3v) is 5.61. The molecule has 0 spiro atoms. The Bertz CT molecular complexity index is 1060. The van der Waals surface area contributed by atoms with Gasteiger partial charge in [0.05, 0.1) is 25.5 Å². The minimum Gasteiger partial charge on any atom is -0.493 e. The van der Waals surface area contributed by atoms with E-state index in [2.05, 4.69) is 4.98 Å². The normalized spacial score (nSPS) is 16.8. The Morgan fingerprint density at radius 1 is 1.22 bits per heavy atom. The van der Waals surface area contributed by atoms with Crippen LogP contribution in [0.3, 0.4) is 0 Å². The Morgan fingerprint density at radius 2 is 2.03 bits per heavy atom. The Kier molecular flexibility index (Phi) is 6.87. The van der Waals surface area contributed by atoms with E-state index in [0.717, 1.165) is 28.3 Å². The quantitative estimate of drug-likeness (QED) is 0.574. The van der Waals surface area contributed by atoms with Gasteiger partial charge < -0.3 is 19.0 Å². The van der Waals surface area contributed by atoms with E-state index in [4.69, 9.17) is 13.9 Å². The first-order valence-electron chi connectivity index (χ1n) is 10.8. The summed E-state index contributed by atoms with van der Waals surface area (Å²) in [4.78, 5) is 18.0. The van der Waals surface area contributed by atoms with Crippen LogP contribution in [0.4, 0.5) is 0 Å². The van der Waals surface area contributed by atoms with Crippen LogP contribution in [0.2, 0.25) is 0 Å². The number of aliphatic carboxylic acids is 1. The molecule has 1 saturated heterocycles. The summed E-state index contributed by atoms with van der Waals surface area (Å²) in [7, 11) is 0. The summed E-state index contributed by atoms with van der Waals surface area (Å²) in [5, 5.41) is 9.41. The summed E-state index contributed by atoms with van der Waals surface area (Å²) in [5.74, 6) is 1.32. The molecular weight excluding hydrogens is 408 g/mol. The SMILES string of the molecule is Cc1ccc(-c2nc(CCOc3cccc(CN4CCOCC4C(=O)O)c3)c(C)o2)cc1. The van der Waals surface area contributed by atoms with Gasteiger partial charge in [0.2, 0.25) is 5.89 Å². The second-order valence-corrected chi connectivity index (χ2v) is 8.03. The van der Waals surface area contributed by atoms with Crippen molar-refractivity contribution in [3.05, 3.63) is 71.1 Å². The van der Waals surface area contributed by atoms with E-state index >= 15 is 0 Å². The fourth-order valence-electron chi connectivity index (χ4n) is 3.77. The molecule has 4 rings (SSSR count). The summed E-state index contributed by atoms with van der Waals surface area (Å²) in [5.41, 5.74) is 4.05. The Labute approximate surface area is 187 Å². The maximum absolute atomic E-state index is 11.5. The first kappa shape index (κ1) is 22.0. The summed E-state index contributed by atoms with van der Waals surface area (Å²) in [6.07, 6.45) is 0.635. The smallest absolute Gasteiger partial charge is 0.323 e. The lowest BCUT2D eigenvalue weighted by Crippen LogP contribution is -2.49. The van der Waals surface area contributed by atoms with Gasteiger partial charge in [-0.15, -0.1) is 0 Å². The van der Waals surface area contributed by atoms with E-state index in [1.807, 2.05) is 67.3 Å². The van der Waals surface area contributed by atoms with E-state index in [0.29, 0.717) is 38.6 Å². The van der Waals surface area contributed by atoms with Crippen LogP contribution in [0.5, 0.6) is 5.75 Å². The average molecular weight is 437 g/mol. The zero-order valence-electron chi connectivity index (χ0n) is 18.4. The number of nitrogens with zero attached hydrogens (tertiary/aromatic N) is 2. The van der Waals surface area contributed by atoms with Crippen molar-refractivity contribution >= 4 is 5.97 Å². The molecule has 0 bridgehead atoms. The number of carboxylic acid groups (broad SMARTS) is 1. The number of rotatable bonds is 8. The highest BCUT2D eigenvalue weighted by Crippen LogP contribution is 2.23. The predicted octanol–water partition coefficient (Wildman–Crippen LogP) is 3.87. The second kappa shape index (κ2) is 9.97. The highest BCUT2D eigenvalue weighted by Gasteiger charge is 2.29. The van der Waals surface area contributed by atoms with Gasteiger partial charge in [0, 0.05) is 25.1 Å². The number of ether oxygens (including phenoxy) is 2. The fraction of sp³-hybridized carbons (Fsp3) is 0.360. The number of hydrogen-bond acceptors (Lipinski definition) is 6. The number of aryl methyl sites for hydroxylation is 2. The summed E-state index contributed by atoms with van der Waals surface area (Å²) >= 11 is 0. The molecule has 2 aromatic carbocycles. The molecule has 0 radical (unpaired) electrons. The number of carbonyl (C=O) groups is 1. The van der Waals surface area contributed by atoms with Gasteiger partial charge in [0.15, 0.2) is 0 Å². The molecule has 1 aliphatic rings. The lowest BCUT2D eigenvalue weighted by Gasteiger charge is -2.32. The van der Waals surface area contributed by atoms with Gasteiger partial charge in [-0.25, -0.2) is 4.98 Å². The molecule has 1 atom stereocenters. The largest absolute Gasteiger partial charge is 0.493 e. The first-order chi connectivity index (χ1) is 15.5. The van der Waals surface area contributed by atoms with Crippen LogP contribution >= 0.6 is 0 Å². The van der Waals surface area contributed by atoms with Crippen molar-refractivity contribution in [1.82, 2.24) is 9.88 Å². The number of aromatic nitrogens is 1. The molecule has 32 heavy (non-hydrogen) atoms. The van der Waals surface area contributed by atoms with Crippen molar-refractivity contribution in [2.45, 2.75) is 32.9 Å². The summed E-state index contributed by atoms with van der Waals surface area (Å²) in [6, 6.07) is 15.3. The van der Waals surface area contributed by atoms with Gasteiger partial charge in [0.25, 0.3) is 0 Å². The highest BCUT2D eigenvalue weighted by atomic mass is 16.5. The Hall–Kier alpha value is -3.16. The number of hydrogen-bond donors (Lipinski definition) is 1. The monoisotopic (exact) mass is 436 g/mol. The Morgan fingerprint density at radius 3 is 2.81 bits per heavy atom. The number of morpholine rings is 1. The van der Waals surface area contributed by atoms with Crippen molar-refractivity contribution in [2.75, 3.05) is 26.4 Å². The standard InChI is InChI=1S/C25H28N2O5/c1-17-6-8-20(9-7-17)24-26-22(18(2)32-24)10-12-31-21-5-3-4-19(14-21)15-27-11-13-30-16-23(27)25(28)29/h3-9,14,23H,10-13,15-16H2,1-2H3,(H,28,29). The molecule has 1 N–H and O–H groups in total. The molecule has 1 unspecified atom stereocenters. The summed E-state index contributed by atoms with van der Waals surface area (Å²) < 4.78 is 17.1. The van der Waals surface area contributed by atoms with Crippen molar-refractivity contribution in [2.24, 2.45) is 0 Å². The molecule has 7 heteroatoms. The van der Waals surface area contributed by atoms with E-state index in [1.165, 1.54) is 5.56 Å². The van der Waals surface area contributed by atoms with Gasteiger partial charge in [0.1, 0.15) is 17.6 Å². The minimum absolute atomic E-state index is 0.215. The first-order valence-corrected chi connectivity index (χ1v) is 10.8. The van der Waals surface area contributed by atoms with Crippen LogP contribution < -0.4 is 4.74 Å². The average Bonchev–Trinajstić information content (AvgIpc) is 3.15. The van der Waals surface area contributed by atoms with E-state index in [1.54, 1.807) is 0 Å². The van der Waals surface area contributed by atoms with E-state index in [9.17, 15) is 9.90 Å². The molecule has 3 aromatic rings. The maximum Gasteiger partial charge on any atom is 0.323 e. The zero-order valence-corrected chi connectivity index (χ0v) is 18.4. The van der Waals surface area contributed by atoms with Gasteiger partial charge in [-0.2, -0.15) is 0 Å². The molecule has 1 fully saturated rings. The molecule has 168 valence electrons. The number of carboxylic acids is 1. The van der Waals surface area contributed by atoms with Gasteiger partial charge >= 0.3 is 5.97 Å². The van der Waals surface area contributed by atoms with Gasteiger partial charge in [-0.05, 0) is 43.7 Å². The van der Waals surface area contributed by atoms with Crippen LogP contribution in [0.15, 0.2) is 52.9 Å². The molecular formula is C25H28N2O5. The van der Waals surface area contributed by atoms with Crippen molar-refractivity contribution in [1.29, 1.82) is 0 Å². The molecule has 0 aliphatic carbocycles. The molecule has 0 saturated carbocycles. The molecule has 1 aliphatic heterocycles. The molecule has 1 aromatic heterocycles. The maximum atomic E-state index is 11.5. The van der Waals surface area contributed by atoms with Crippen LogP contribution in [0.25, 0.3) is 11.5 Å². The van der Waals surface area contributed by atoms with E-state index < -0.39 is 12.0 Å². The van der Waals surface area contributed by atoms with Crippen molar-refractivity contribution in [3.8, 4) is 17.2 Å². The predicted molar refractivity (Wildman–Crippen MR) is 120 cm³/mol. The Balaban J connectivity index is 1.35. The molecule has 2 heterocycles. The second-order valence-electron chi connectivity index (χ2n) is 8.03. The third kappa shape index (κ3) is 5.36. The van der Waals surface area contributed by atoms with Crippen LogP contribution in [-0.4, -0.2) is 53.4 Å². The minimum atomic E-state index is -0.856. The van der Waals surface area contributed by atoms with Gasteiger partial charge in [-0.1, -0.05) is 29.8 Å². The van der Waals surface area contributed by atoms with Crippen LogP contribution in [-0.2, 0) is 22.5 Å². The molecule has 0 amide bonds. The number of benzene rings is 2.